The van der Waals surface area contributed by atoms with Gasteiger partial charge in [0.2, 0.25) is 17.7 Å². The van der Waals surface area contributed by atoms with Crippen LogP contribution in [0, 0.1) is 0 Å². The smallest absolute Gasteiger partial charge is 0.248 e. The number of nitrogens with one attached hydrogen (secondary N) is 1. The topological polar surface area (TPSA) is 79.0 Å². The van der Waals surface area contributed by atoms with Crippen molar-refractivity contribution in [3.05, 3.63) is 35.9 Å². The molecule has 3 amide bonds. The molecule has 0 saturated carbocycles. The maximum atomic E-state index is 12.7. The summed E-state index contributed by atoms with van der Waals surface area (Å²) in [5, 5.41) is 2.79. The number of benzene rings is 1. The van der Waals surface area contributed by atoms with Crippen molar-refractivity contribution in [2.24, 2.45) is 0 Å². The van der Waals surface area contributed by atoms with Gasteiger partial charge in [0.1, 0.15) is 6.61 Å². The molecule has 1 atom stereocenters. The average molecular weight is 333 g/mol. The maximum absolute atomic E-state index is 12.7. The lowest BCUT2D eigenvalue weighted by Gasteiger charge is -2.31. The highest BCUT2D eigenvalue weighted by molar-refractivity contribution is 5.86. The molecule has 1 fully saturated rings. The molecule has 1 aliphatic rings. The minimum Gasteiger partial charge on any atom is -0.375 e. The fourth-order valence-electron chi connectivity index (χ4n) is 2.72. The second-order valence-electron chi connectivity index (χ2n) is 5.75. The van der Waals surface area contributed by atoms with Crippen molar-refractivity contribution in [1.29, 1.82) is 0 Å². The molecule has 0 aromatic heterocycles. The van der Waals surface area contributed by atoms with Gasteiger partial charge >= 0.3 is 0 Å². The molecule has 1 N–H and O–H groups in total. The van der Waals surface area contributed by atoms with Crippen LogP contribution in [0.25, 0.3) is 0 Å². The molecular formula is C17H23N3O4. The number of amides is 3. The van der Waals surface area contributed by atoms with Crippen molar-refractivity contribution < 1.29 is 19.1 Å². The van der Waals surface area contributed by atoms with Gasteiger partial charge in [-0.2, -0.15) is 0 Å². The van der Waals surface area contributed by atoms with Gasteiger partial charge in [0.05, 0.1) is 19.0 Å². The maximum Gasteiger partial charge on any atom is 0.248 e. The molecule has 0 aliphatic carbocycles. The van der Waals surface area contributed by atoms with Crippen LogP contribution < -0.4 is 5.32 Å². The number of carbonyl (C=O) groups excluding carboxylic acids is 3. The Morgan fingerprint density at radius 1 is 1.33 bits per heavy atom. The lowest BCUT2D eigenvalue weighted by atomic mass is 10.0. The number of hydrogen-bond donors (Lipinski definition) is 1. The minimum atomic E-state index is -0.327. The lowest BCUT2D eigenvalue weighted by molar-refractivity contribution is -0.142. The van der Waals surface area contributed by atoms with Gasteiger partial charge in [-0.15, -0.1) is 0 Å². The third kappa shape index (κ3) is 4.55. The molecule has 2 rings (SSSR count). The van der Waals surface area contributed by atoms with Gasteiger partial charge in [0.15, 0.2) is 0 Å². The van der Waals surface area contributed by atoms with E-state index in [9.17, 15) is 14.4 Å². The summed E-state index contributed by atoms with van der Waals surface area (Å²) in [6, 6.07) is 9.15. The first kappa shape index (κ1) is 17.9. The quantitative estimate of drug-likeness (QED) is 0.834. The largest absolute Gasteiger partial charge is 0.375 e. The van der Waals surface area contributed by atoms with Crippen LogP contribution in [0.5, 0.6) is 0 Å². The molecule has 1 aromatic carbocycles. The standard InChI is InChI=1S/C17H23N3O4/c1-19(17(23)12-24-2)11-16(22)20-9-8-18-15(21)10-14(20)13-6-4-3-5-7-13/h3-7,14H,8-12H2,1-2H3,(H,18,21). The molecule has 1 saturated heterocycles. The molecule has 1 aliphatic heterocycles. The van der Waals surface area contributed by atoms with Crippen LogP contribution in [0.1, 0.15) is 18.0 Å². The Kier molecular flexibility index (Phi) is 6.31. The Balaban J connectivity index is 2.15. The van der Waals surface area contributed by atoms with E-state index in [2.05, 4.69) is 5.32 Å². The van der Waals surface area contributed by atoms with Crippen LogP contribution in [0.4, 0.5) is 0 Å². The molecule has 0 bridgehead atoms. The zero-order chi connectivity index (χ0) is 17.5. The van der Waals surface area contributed by atoms with E-state index in [1.165, 1.54) is 12.0 Å². The van der Waals surface area contributed by atoms with E-state index < -0.39 is 0 Å². The van der Waals surface area contributed by atoms with E-state index in [1.54, 1.807) is 11.9 Å². The Labute approximate surface area is 141 Å². The van der Waals surface area contributed by atoms with Crippen LogP contribution in [-0.2, 0) is 19.1 Å². The second kappa shape index (κ2) is 8.44. The molecule has 130 valence electrons. The third-order valence-corrected chi connectivity index (χ3v) is 4.00. The van der Waals surface area contributed by atoms with Crippen molar-refractivity contribution >= 4 is 17.7 Å². The first-order chi connectivity index (χ1) is 11.5. The normalized spacial score (nSPS) is 17.8. The summed E-state index contributed by atoms with van der Waals surface area (Å²) in [6.45, 7) is 0.714. The fourth-order valence-corrected chi connectivity index (χ4v) is 2.72. The van der Waals surface area contributed by atoms with Crippen molar-refractivity contribution in [1.82, 2.24) is 15.1 Å². The summed E-state index contributed by atoms with van der Waals surface area (Å²) in [6.07, 6.45) is 0.214. The predicted molar refractivity (Wildman–Crippen MR) is 88.0 cm³/mol. The number of ether oxygens (including phenoxy) is 1. The summed E-state index contributed by atoms with van der Waals surface area (Å²) in [4.78, 5) is 39.4. The monoisotopic (exact) mass is 333 g/mol. The van der Waals surface area contributed by atoms with Crippen LogP contribution in [-0.4, -0.2) is 67.9 Å². The Hall–Kier alpha value is -2.41. The highest BCUT2D eigenvalue weighted by Crippen LogP contribution is 2.25. The fraction of sp³-hybridized carbons (Fsp3) is 0.471. The number of hydrogen-bond acceptors (Lipinski definition) is 4. The number of carbonyl (C=O) groups is 3. The molecule has 7 heteroatoms. The Bertz CT molecular complexity index is 591. The molecule has 7 nitrogen and oxygen atoms in total. The SMILES string of the molecule is COCC(=O)N(C)CC(=O)N1CCNC(=O)CC1c1ccccc1. The number of likely N-dealkylation sites (N-methyl/N-ethyl adjacent to an activating group) is 1. The molecule has 1 aromatic rings. The van der Waals surface area contributed by atoms with E-state index in [-0.39, 0.29) is 43.3 Å². The van der Waals surface area contributed by atoms with Gasteiger partial charge < -0.3 is 19.9 Å². The summed E-state index contributed by atoms with van der Waals surface area (Å²) in [5.74, 6) is -0.526. The first-order valence-corrected chi connectivity index (χ1v) is 7.87. The van der Waals surface area contributed by atoms with Gasteiger partial charge in [-0.05, 0) is 5.56 Å². The molecular weight excluding hydrogens is 310 g/mol. The summed E-state index contributed by atoms with van der Waals surface area (Å²) >= 11 is 0. The molecule has 24 heavy (non-hydrogen) atoms. The van der Waals surface area contributed by atoms with Crippen molar-refractivity contribution in [2.75, 3.05) is 40.4 Å². The van der Waals surface area contributed by atoms with E-state index >= 15 is 0 Å². The Morgan fingerprint density at radius 2 is 2.04 bits per heavy atom. The summed E-state index contributed by atoms with van der Waals surface area (Å²) in [5.41, 5.74) is 0.911. The second-order valence-corrected chi connectivity index (χ2v) is 5.75. The van der Waals surface area contributed by atoms with Crippen LogP contribution in [0.3, 0.4) is 0 Å². The zero-order valence-corrected chi connectivity index (χ0v) is 14.0. The van der Waals surface area contributed by atoms with Crippen LogP contribution >= 0.6 is 0 Å². The minimum absolute atomic E-state index is 0.0419. The van der Waals surface area contributed by atoms with Gasteiger partial charge in [0.25, 0.3) is 0 Å². The van der Waals surface area contributed by atoms with E-state index in [0.717, 1.165) is 5.56 Å². The zero-order valence-electron chi connectivity index (χ0n) is 14.0. The predicted octanol–water partition coefficient (Wildman–Crippen LogP) is 0.181. The van der Waals surface area contributed by atoms with Crippen LogP contribution in [0.15, 0.2) is 30.3 Å². The van der Waals surface area contributed by atoms with Gasteiger partial charge in [-0.25, -0.2) is 0 Å². The number of methoxy groups -OCH3 is 1. The lowest BCUT2D eigenvalue weighted by Crippen LogP contribution is -2.44. The van der Waals surface area contributed by atoms with Crippen molar-refractivity contribution in [2.45, 2.75) is 12.5 Å². The van der Waals surface area contributed by atoms with Crippen LogP contribution in [0.2, 0.25) is 0 Å². The van der Waals surface area contributed by atoms with Gasteiger partial charge in [0, 0.05) is 27.2 Å². The highest BCUT2D eigenvalue weighted by Gasteiger charge is 2.30. The number of rotatable bonds is 5. The van der Waals surface area contributed by atoms with Gasteiger partial charge in [-0.1, -0.05) is 30.3 Å². The highest BCUT2D eigenvalue weighted by atomic mass is 16.5. The molecule has 0 radical (unpaired) electrons. The van der Waals surface area contributed by atoms with Crippen molar-refractivity contribution in [3.63, 3.8) is 0 Å². The number of nitrogens with zero attached hydrogens (tertiary/aromatic N) is 2. The Morgan fingerprint density at radius 3 is 2.71 bits per heavy atom. The third-order valence-electron chi connectivity index (χ3n) is 4.00. The van der Waals surface area contributed by atoms with Gasteiger partial charge in [-0.3, -0.25) is 14.4 Å². The van der Waals surface area contributed by atoms with E-state index in [1.807, 2.05) is 30.3 Å². The molecule has 1 heterocycles. The summed E-state index contributed by atoms with van der Waals surface area (Å²) in [7, 11) is 3.00. The van der Waals surface area contributed by atoms with E-state index in [4.69, 9.17) is 4.74 Å². The van der Waals surface area contributed by atoms with E-state index in [0.29, 0.717) is 13.1 Å². The average Bonchev–Trinajstić information content (AvgIpc) is 2.77. The molecule has 0 spiro atoms. The molecule has 1 unspecified atom stereocenters. The first-order valence-electron chi connectivity index (χ1n) is 7.87. The van der Waals surface area contributed by atoms with Crippen molar-refractivity contribution in [3.8, 4) is 0 Å². The summed E-state index contributed by atoms with van der Waals surface area (Å²) < 4.78 is 4.81.